The number of anilines is 1. The van der Waals surface area contributed by atoms with E-state index in [1.54, 1.807) is 0 Å². The highest BCUT2D eigenvalue weighted by Crippen LogP contribution is 2.31. The minimum absolute atomic E-state index is 0.00494. The molecule has 7 heteroatoms. The monoisotopic (exact) mass is 331 g/mol. The number of hydrogen-bond donors (Lipinski definition) is 0. The zero-order valence-corrected chi connectivity index (χ0v) is 12.4. The Morgan fingerprint density at radius 1 is 1.04 bits per heavy atom. The predicted molar refractivity (Wildman–Crippen MR) is 82.9 cm³/mol. The van der Waals surface area contributed by atoms with E-state index in [1.165, 1.54) is 17.0 Å². The summed E-state index contributed by atoms with van der Waals surface area (Å²) in [5.41, 5.74) is 0.840. The number of carbonyl (C=O) groups excluding carboxylic acids is 1. The van der Waals surface area contributed by atoms with Crippen molar-refractivity contribution in [3.05, 3.63) is 59.7 Å². The number of halogens is 3. The SMILES string of the molecule is O=C(c1cccc(C(F)(F)F)c1)N1CCn2c1nc1ccccc12. The third-order valence-corrected chi connectivity index (χ3v) is 4.11. The molecule has 0 atom stereocenters. The lowest BCUT2D eigenvalue weighted by molar-refractivity contribution is -0.137. The molecule has 122 valence electrons. The zero-order valence-electron chi connectivity index (χ0n) is 12.4. The van der Waals surface area contributed by atoms with Crippen molar-refractivity contribution in [2.45, 2.75) is 12.7 Å². The van der Waals surface area contributed by atoms with E-state index in [1.807, 2.05) is 28.8 Å². The van der Waals surface area contributed by atoms with Gasteiger partial charge in [-0.05, 0) is 30.3 Å². The number of fused-ring (bicyclic) bond motifs is 3. The number of imidazole rings is 1. The van der Waals surface area contributed by atoms with Crippen LogP contribution >= 0.6 is 0 Å². The van der Waals surface area contributed by atoms with Crippen molar-refractivity contribution in [3.63, 3.8) is 0 Å². The van der Waals surface area contributed by atoms with Crippen LogP contribution in [0.15, 0.2) is 48.5 Å². The van der Waals surface area contributed by atoms with Gasteiger partial charge in [0.15, 0.2) is 0 Å². The number of para-hydroxylation sites is 2. The van der Waals surface area contributed by atoms with Gasteiger partial charge in [0.2, 0.25) is 5.95 Å². The molecule has 0 fully saturated rings. The molecule has 1 aliphatic rings. The summed E-state index contributed by atoms with van der Waals surface area (Å²) in [5, 5.41) is 0. The summed E-state index contributed by atoms with van der Waals surface area (Å²) in [6.07, 6.45) is -4.48. The maximum atomic E-state index is 12.8. The highest BCUT2D eigenvalue weighted by Gasteiger charge is 2.33. The van der Waals surface area contributed by atoms with E-state index < -0.39 is 17.6 Å². The standard InChI is InChI=1S/C17H12F3N3O/c18-17(19,20)12-5-3-4-11(10-12)15(24)23-9-8-22-14-7-2-1-6-13(14)21-16(22)23/h1-7,10H,8-9H2. The summed E-state index contributed by atoms with van der Waals surface area (Å²) in [6.45, 7) is 0.961. The molecule has 1 aromatic heterocycles. The zero-order chi connectivity index (χ0) is 16.9. The highest BCUT2D eigenvalue weighted by atomic mass is 19.4. The van der Waals surface area contributed by atoms with E-state index in [-0.39, 0.29) is 5.56 Å². The molecule has 2 aromatic carbocycles. The van der Waals surface area contributed by atoms with Gasteiger partial charge >= 0.3 is 6.18 Å². The molecule has 4 rings (SSSR count). The Kier molecular flexibility index (Phi) is 3.13. The van der Waals surface area contributed by atoms with Gasteiger partial charge in [0, 0.05) is 18.7 Å². The molecule has 1 aliphatic heterocycles. The average Bonchev–Trinajstić information content (AvgIpc) is 3.12. The number of aromatic nitrogens is 2. The number of benzene rings is 2. The molecular formula is C17H12F3N3O. The molecule has 0 aliphatic carbocycles. The summed E-state index contributed by atoms with van der Waals surface area (Å²) in [5.74, 6) is -0.00577. The van der Waals surface area contributed by atoms with Crippen molar-refractivity contribution < 1.29 is 18.0 Å². The summed E-state index contributed by atoms with van der Waals surface area (Å²) in [6, 6.07) is 12.0. The van der Waals surface area contributed by atoms with Crippen molar-refractivity contribution in [1.82, 2.24) is 9.55 Å². The van der Waals surface area contributed by atoms with Crippen molar-refractivity contribution >= 4 is 22.9 Å². The fraction of sp³-hybridized carbons (Fsp3) is 0.176. The van der Waals surface area contributed by atoms with Gasteiger partial charge in [-0.3, -0.25) is 9.69 Å². The fourth-order valence-electron chi connectivity index (χ4n) is 2.97. The van der Waals surface area contributed by atoms with Crippen LogP contribution in [0.4, 0.5) is 19.1 Å². The smallest absolute Gasteiger partial charge is 0.308 e. The first kappa shape index (κ1) is 14.7. The lowest BCUT2D eigenvalue weighted by Gasteiger charge is -2.15. The minimum atomic E-state index is -4.48. The molecule has 0 N–H and O–H groups in total. The molecule has 4 nitrogen and oxygen atoms in total. The molecular weight excluding hydrogens is 319 g/mol. The molecule has 0 saturated carbocycles. The average molecular weight is 331 g/mol. The van der Waals surface area contributed by atoms with Crippen LogP contribution < -0.4 is 4.90 Å². The summed E-state index contributed by atoms with van der Waals surface area (Å²) in [4.78, 5) is 18.5. The van der Waals surface area contributed by atoms with E-state index in [0.717, 1.165) is 23.2 Å². The largest absolute Gasteiger partial charge is 0.416 e. The van der Waals surface area contributed by atoms with Gasteiger partial charge in [0.1, 0.15) is 0 Å². The molecule has 1 amide bonds. The maximum absolute atomic E-state index is 12.8. The Morgan fingerprint density at radius 2 is 1.83 bits per heavy atom. The van der Waals surface area contributed by atoms with Crippen molar-refractivity contribution in [2.24, 2.45) is 0 Å². The Bertz CT molecular complexity index is 946. The second-order valence-electron chi connectivity index (χ2n) is 5.59. The number of amides is 1. The van der Waals surface area contributed by atoms with Crippen LogP contribution in [-0.2, 0) is 12.7 Å². The van der Waals surface area contributed by atoms with Gasteiger partial charge in [-0.25, -0.2) is 4.98 Å². The van der Waals surface area contributed by atoms with E-state index in [0.29, 0.717) is 19.0 Å². The number of rotatable bonds is 1. The Hall–Kier alpha value is -2.83. The van der Waals surface area contributed by atoms with Crippen LogP contribution in [0.5, 0.6) is 0 Å². The normalized spacial score (nSPS) is 14.2. The summed E-state index contributed by atoms with van der Waals surface area (Å²) in [7, 11) is 0. The Balaban J connectivity index is 1.73. The minimum Gasteiger partial charge on any atom is -0.308 e. The van der Waals surface area contributed by atoms with E-state index in [9.17, 15) is 18.0 Å². The summed E-state index contributed by atoms with van der Waals surface area (Å²) < 4.78 is 40.4. The second-order valence-corrected chi connectivity index (χ2v) is 5.59. The van der Waals surface area contributed by atoms with Crippen molar-refractivity contribution in [1.29, 1.82) is 0 Å². The van der Waals surface area contributed by atoms with E-state index >= 15 is 0 Å². The van der Waals surface area contributed by atoms with Crippen LogP contribution in [-0.4, -0.2) is 22.0 Å². The summed E-state index contributed by atoms with van der Waals surface area (Å²) >= 11 is 0. The predicted octanol–water partition coefficient (Wildman–Crippen LogP) is 3.72. The molecule has 24 heavy (non-hydrogen) atoms. The first-order valence-electron chi connectivity index (χ1n) is 7.39. The van der Waals surface area contributed by atoms with Gasteiger partial charge < -0.3 is 4.57 Å². The van der Waals surface area contributed by atoms with E-state index in [4.69, 9.17) is 0 Å². The first-order chi connectivity index (χ1) is 11.4. The van der Waals surface area contributed by atoms with Crippen molar-refractivity contribution in [3.8, 4) is 0 Å². The molecule has 0 saturated heterocycles. The molecule has 0 bridgehead atoms. The molecule has 0 unspecified atom stereocenters. The number of nitrogens with zero attached hydrogens (tertiary/aromatic N) is 3. The topological polar surface area (TPSA) is 38.1 Å². The van der Waals surface area contributed by atoms with Gasteiger partial charge in [-0.2, -0.15) is 13.2 Å². The molecule has 0 spiro atoms. The van der Waals surface area contributed by atoms with Crippen LogP contribution in [0.25, 0.3) is 11.0 Å². The molecule has 3 aromatic rings. The quantitative estimate of drug-likeness (QED) is 0.682. The van der Waals surface area contributed by atoms with Crippen LogP contribution in [0.3, 0.4) is 0 Å². The van der Waals surface area contributed by atoms with Crippen LogP contribution in [0, 0.1) is 0 Å². The number of carbonyl (C=O) groups is 1. The fourth-order valence-corrected chi connectivity index (χ4v) is 2.97. The van der Waals surface area contributed by atoms with Gasteiger partial charge in [0.05, 0.1) is 16.6 Å². The second kappa shape index (κ2) is 5.09. The Morgan fingerprint density at radius 3 is 2.62 bits per heavy atom. The van der Waals surface area contributed by atoms with Crippen LogP contribution in [0.1, 0.15) is 15.9 Å². The maximum Gasteiger partial charge on any atom is 0.416 e. The Labute approximate surface area is 135 Å². The van der Waals surface area contributed by atoms with Crippen LogP contribution in [0.2, 0.25) is 0 Å². The highest BCUT2D eigenvalue weighted by molar-refractivity contribution is 6.06. The van der Waals surface area contributed by atoms with Gasteiger partial charge in [0.25, 0.3) is 5.91 Å². The third-order valence-electron chi connectivity index (χ3n) is 4.11. The number of alkyl halides is 3. The lowest BCUT2D eigenvalue weighted by atomic mass is 10.1. The molecule has 0 radical (unpaired) electrons. The van der Waals surface area contributed by atoms with Gasteiger partial charge in [-0.1, -0.05) is 18.2 Å². The molecule has 2 heterocycles. The van der Waals surface area contributed by atoms with E-state index in [2.05, 4.69) is 4.98 Å². The third kappa shape index (κ3) is 2.24. The van der Waals surface area contributed by atoms with Crippen molar-refractivity contribution in [2.75, 3.05) is 11.4 Å². The lowest BCUT2D eigenvalue weighted by Crippen LogP contribution is -2.29. The number of hydrogen-bond acceptors (Lipinski definition) is 2. The van der Waals surface area contributed by atoms with Gasteiger partial charge in [-0.15, -0.1) is 0 Å². The first-order valence-corrected chi connectivity index (χ1v) is 7.39.